The van der Waals surface area contributed by atoms with E-state index in [9.17, 15) is 4.79 Å². The molecule has 2 rings (SSSR count). The number of piperidine rings is 1. The molecule has 0 saturated carbocycles. The first-order valence-electron chi connectivity index (χ1n) is 5.70. The topological polar surface area (TPSA) is 53.6 Å². The molecule has 2 aliphatic heterocycles. The fourth-order valence-corrected chi connectivity index (χ4v) is 2.00. The summed E-state index contributed by atoms with van der Waals surface area (Å²) in [6.45, 7) is 4.88. The van der Waals surface area contributed by atoms with Gasteiger partial charge in [-0.25, -0.2) is 5.01 Å². The summed E-state index contributed by atoms with van der Waals surface area (Å²) in [7, 11) is 0. The van der Waals surface area contributed by atoms with Crippen LogP contribution in [0.1, 0.15) is 12.8 Å². The molecule has 2 heterocycles. The van der Waals surface area contributed by atoms with Crippen molar-refractivity contribution in [1.29, 1.82) is 0 Å². The lowest BCUT2D eigenvalue weighted by molar-refractivity contribution is -0.132. The molecule has 1 unspecified atom stereocenters. The first-order valence-corrected chi connectivity index (χ1v) is 5.70. The third-order valence-electron chi connectivity index (χ3n) is 2.95. The van der Waals surface area contributed by atoms with Gasteiger partial charge in [0.25, 0.3) is 0 Å². The molecule has 0 aromatic carbocycles. The second-order valence-corrected chi connectivity index (χ2v) is 4.12. The van der Waals surface area contributed by atoms with Crippen molar-refractivity contribution in [2.75, 3.05) is 39.4 Å². The van der Waals surface area contributed by atoms with Gasteiger partial charge < -0.3 is 10.1 Å². The maximum atomic E-state index is 11.8. The van der Waals surface area contributed by atoms with Crippen LogP contribution in [-0.2, 0) is 9.53 Å². The van der Waals surface area contributed by atoms with Crippen LogP contribution < -0.4 is 10.7 Å². The summed E-state index contributed by atoms with van der Waals surface area (Å²) in [5.41, 5.74) is 2.96. The number of morpholine rings is 1. The van der Waals surface area contributed by atoms with Crippen LogP contribution in [0.4, 0.5) is 0 Å². The molecule has 0 aliphatic carbocycles. The fraction of sp³-hybridized carbons (Fsp3) is 0.900. The maximum absolute atomic E-state index is 11.8. The van der Waals surface area contributed by atoms with Gasteiger partial charge in [0.05, 0.1) is 19.1 Å². The van der Waals surface area contributed by atoms with Crippen LogP contribution in [0.15, 0.2) is 0 Å². The zero-order valence-corrected chi connectivity index (χ0v) is 9.00. The van der Waals surface area contributed by atoms with Crippen LogP contribution in [0.2, 0.25) is 0 Å². The predicted octanol–water partition coefficient (Wildman–Crippen LogP) is -0.651. The molecular formula is C10H19N3O2. The fourth-order valence-electron chi connectivity index (χ4n) is 2.00. The van der Waals surface area contributed by atoms with Crippen LogP contribution in [0.3, 0.4) is 0 Å². The molecule has 2 saturated heterocycles. The van der Waals surface area contributed by atoms with Crippen molar-refractivity contribution in [2.24, 2.45) is 5.92 Å². The van der Waals surface area contributed by atoms with Gasteiger partial charge in [-0.1, -0.05) is 0 Å². The van der Waals surface area contributed by atoms with Gasteiger partial charge >= 0.3 is 0 Å². The predicted molar refractivity (Wildman–Crippen MR) is 56.1 cm³/mol. The Morgan fingerprint density at radius 3 is 2.87 bits per heavy atom. The quantitative estimate of drug-likeness (QED) is 0.640. The molecule has 0 bridgehead atoms. The minimum absolute atomic E-state index is 0.140. The number of rotatable bonds is 2. The van der Waals surface area contributed by atoms with E-state index in [4.69, 9.17) is 4.74 Å². The molecule has 0 aromatic rings. The number of nitrogens with zero attached hydrogens (tertiary/aromatic N) is 1. The summed E-state index contributed by atoms with van der Waals surface area (Å²) in [5.74, 6) is 0.297. The monoisotopic (exact) mass is 213 g/mol. The average Bonchev–Trinajstić information content (AvgIpc) is 2.31. The number of ether oxygens (including phenoxy) is 1. The van der Waals surface area contributed by atoms with Crippen LogP contribution in [-0.4, -0.2) is 50.3 Å². The van der Waals surface area contributed by atoms with Crippen molar-refractivity contribution >= 4 is 5.91 Å². The highest BCUT2D eigenvalue weighted by molar-refractivity contribution is 5.78. The second kappa shape index (κ2) is 5.44. The number of amides is 1. The standard InChI is InChI=1S/C10H19N3O2/c14-10(9-2-1-3-11-8-9)12-13-4-6-15-7-5-13/h9,11H,1-8H2,(H,12,14). The van der Waals surface area contributed by atoms with Gasteiger partial charge in [-0.2, -0.15) is 0 Å². The minimum Gasteiger partial charge on any atom is -0.379 e. The van der Waals surface area contributed by atoms with Crippen LogP contribution in [0.5, 0.6) is 0 Å². The van der Waals surface area contributed by atoms with Crippen molar-refractivity contribution in [3.05, 3.63) is 0 Å². The van der Waals surface area contributed by atoms with Crippen LogP contribution in [0, 0.1) is 5.92 Å². The van der Waals surface area contributed by atoms with Crippen molar-refractivity contribution < 1.29 is 9.53 Å². The number of nitrogens with one attached hydrogen (secondary N) is 2. The molecule has 5 nitrogen and oxygen atoms in total. The summed E-state index contributed by atoms with van der Waals surface area (Å²) >= 11 is 0. The first-order chi connectivity index (χ1) is 7.36. The van der Waals surface area contributed by atoms with Gasteiger partial charge in [0, 0.05) is 19.6 Å². The van der Waals surface area contributed by atoms with Gasteiger partial charge in [-0.15, -0.1) is 0 Å². The molecule has 2 N–H and O–H groups in total. The Morgan fingerprint density at radius 1 is 1.40 bits per heavy atom. The molecule has 1 amide bonds. The summed E-state index contributed by atoms with van der Waals surface area (Å²) in [6.07, 6.45) is 2.10. The van der Waals surface area contributed by atoms with E-state index < -0.39 is 0 Å². The number of hydrazine groups is 1. The second-order valence-electron chi connectivity index (χ2n) is 4.12. The molecule has 2 fully saturated rings. The normalized spacial score (nSPS) is 28.7. The highest BCUT2D eigenvalue weighted by atomic mass is 16.5. The lowest BCUT2D eigenvalue weighted by Gasteiger charge is -2.30. The van der Waals surface area contributed by atoms with E-state index in [1.807, 2.05) is 5.01 Å². The Balaban J connectivity index is 1.74. The van der Waals surface area contributed by atoms with Gasteiger partial charge in [0.15, 0.2) is 0 Å². The Bertz CT molecular complexity index is 211. The van der Waals surface area contributed by atoms with E-state index in [1.165, 1.54) is 0 Å². The summed E-state index contributed by atoms with van der Waals surface area (Å²) in [4.78, 5) is 11.8. The zero-order chi connectivity index (χ0) is 10.5. The number of carbonyl (C=O) groups is 1. The lowest BCUT2D eigenvalue weighted by atomic mass is 9.99. The Kier molecular flexibility index (Phi) is 3.94. The zero-order valence-electron chi connectivity index (χ0n) is 9.00. The van der Waals surface area contributed by atoms with E-state index >= 15 is 0 Å². The van der Waals surface area contributed by atoms with E-state index in [0.29, 0.717) is 13.2 Å². The molecule has 0 aromatic heterocycles. The summed E-state index contributed by atoms with van der Waals surface area (Å²) < 4.78 is 5.22. The number of carbonyl (C=O) groups excluding carboxylic acids is 1. The highest BCUT2D eigenvalue weighted by Gasteiger charge is 2.23. The van der Waals surface area contributed by atoms with Gasteiger partial charge in [0.1, 0.15) is 0 Å². The smallest absolute Gasteiger partial charge is 0.238 e. The third kappa shape index (κ3) is 3.15. The highest BCUT2D eigenvalue weighted by Crippen LogP contribution is 2.10. The van der Waals surface area contributed by atoms with E-state index in [0.717, 1.165) is 39.0 Å². The molecular weight excluding hydrogens is 194 g/mol. The van der Waals surface area contributed by atoms with Crippen molar-refractivity contribution in [3.8, 4) is 0 Å². The molecule has 2 aliphatic rings. The molecule has 0 spiro atoms. The van der Waals surface area contributed by atoms with Crippen LogP contribution >= 0.6 is 0 Å². The lowest BCUT2D eigenvalue weighted by Crippen LogP contribution is -2.52. The van der Waals surface area contributed by atoms with Crippen LogP contribution in [0.25, 0.3) is 0 Å². The largest absolute Gasteiger partial charge is 0.379 e. The third-order valence-corrected chi connectivity index (χ3v) is 2.95. The summed E-state index contributed by atoms with van der Waals surface area (Å²) in [6, 6.07) is 0. The van der Waals surface area contributed by atoms with E-state index in [-0.39, 0.29) is 11.8 Å². The molecule has 15 heavy (non-hydrogen) atoms. The molecule has 86 valence electrons. The van der Waals surface area contributed by atoms with Gasteiger partial charge in [-0.05, 0) is 19.4 Å². The van der Waals surface area contributed by atoms with Crippen molar-refractivity contribution in [3.63, 3.8) is 0 Å². The Hall–Kier alpha value is -0.650. The molecule has 5 heteroatoms. The Morgan fingerprint density at radius 2 is 2.20 bits per heavy atom. The summed E-state index contributed by atoms with van der Waals surface area (Å²) in [5, 5.41) is 5.21. The molecule has 1 atom stereocenters. The Labute approximate surface area is 90.1 Å². The van der Waals surface area contributed by atoms with Gasteiger partial charge in [0.2, 0.25) is 5.91 Å². The number of hydrogen-bond acceptors (Lipinski definition) is 4. The van der Waals surface area contributed by atoms with Crippen molar-refractivity contribution in [1.82, 2.24) is 15.8 Å². The maximum Gasteiger partial charge on any atom is 0.238 e. The first kappa shape index (κ1) is 10.9. The van der Waals surface area contributed by atoms with Gasteiger partial charge in [-0.3, -0.25) is 10.2 Å². The SMILES string of the molecule is O=C(NN1CCOCC1)C1CCCNC1. The van der Waals surface area contributed by atoms with E-state index in [1.54, 1.807) is 0 Å². The minimum atomic E-state index is 0.140. The van der Waals surface area contributed by atoms with Crippen molar-refractivity contribution in [2.45, 2.75) is 12.8 Å². The average molecular weight is 213 g/mol. The number of hydrogen-bond donors (Lipinski definition) is 2. The molecule has 0 radical (unpaired) electrons. The van der Waals surface area contributed by atoms with E-state index in [2.05, 4.69) is 10.7 Å².